The summed E-state index contributed by atoms with van der Waals surface area (Å²) in [4.78, 5) is 31.7. The van der Waals surface area contributed by atoms with E-state index in [1.807, 2.05) is 10.9 Å². The molecule has 0 aromatic carbocycles. The standard InChI is InChI=1S/C29H37N7O11/c37-25(38)16-45-28(39)36(24-12-30-23(11-31-24)17-9-33-35(13-17)18-5-7-43-8-6-18)19-1-3-20(4-2-19)47-27-32-10-22(29(40,41)42)26(34-27)46-21-14-44-15-21/h9-13,18-21,25,37-38,40-42H,1-8,14-16H2. The highest BCUT2D eigenvalue weighted by molar-refractivity contribution is 5.87. The second kappa shape index (κ2) is 14.4. The van der Waals surface area contributed by atoms with E-state index >= 15 is 0 Å². The second-order valence-electron chi connectivity index (χ2n) is 11.6. The van der Waals surface area contributed by atoms with Crippen molar-refractivity contribution in [2.45, 2.75) is 75.1 Å². The van der Waals surface area contributed by atoms with Crippen molar-refractivity contribution in [1.82, 2.24) is 29.7 Å². The Morgan fingerprint density at radius 2 is 1.70 bits per heavy atom. The molecule has 1 amide bonds. The predicted octanol–water partition coefficient (Wildman–Crippen LogP) is -0.00970. The third-order valence-corrected chi connectivity index (χ3v) is 8.16. The summed E-state index contributed by atoms with van der Waals surface area (Å²) in [6.07, 6.45) is 7.87. The maximum Gasteiger partial charge on any atom is 0.415 e. The number of ether oxygens (including phenoxy) is 5. The van der Waals surface area contributed by atoms with Crippen LogP contribution in [0.4, 0.5) is 10.6 Å². The lowest BCUT2D eigenvalue weighted by Gasteiger charge is -2.35. The summed E-state index contributed by atoms with van der Waals surface area (Å²) >= 11 is 0. The van der Waals surface area contributed by atoms with Gasteiger partial charge in [0.2, 0.25) is 5.88 Å². The summed E-state index contributed by atoms with van der Waals surface area (Å²) in [6.45, 7) is 1.32. The summed E-state index contributed by atoms with van der Waals surface area (Å²) in [7, 11) is 0. The van der Waals surface area contributed by atoms with E-state index < -0.39 is 30.5 Å². The highest BCUT2D eigenvalue weighted by Gasteiger charge is 2.35. The van der Waals surface area contributed by atoms with Gasteiger partial charge in [-0.2, -0.15) is 10.1 Å². The summed E-state index contributed by atoms with van der Waals surface area (Å²) in [5.41, 5.74) is 0.907. The molecule has 5 heterocycles. The van der Waals surface area contributed by atoms with Gasteiger partial charge >= 0.3 is 18.1 Å². The quantitative estimate of drug-likeness (QED) is 0.170. The molecule has 3 aromatic heterocycles. The monoisotopic (exact) mass is 659 g/mol. The molecule has 2 aliphatic heterocycles. The molecule has 254 valence electrons. The van der Waals surface area contributed by atoms with Crippen LogP contribution < -0.4 is 14.4 Å². The zero-order valence-electron chi connectivity index (χ0n) is 25.4. The van der Waals surface area contributed by atoms with Crippen LogP contribution in [0.5, 0.6) is 11.9 Å². The summed E-state index contributed by atoms with van der Waals surface area (Å²) in [5.74, 6) is -3.23. The Kier molecular flexibility index (Phi) is 10.1. The van der Waals surface area contributed by atoms with E-state index in [-0.39, 0.29) is 55.2 Å². The van der Waals surface area contributed by atoms with Gasteiger partial charge in [0.05, 0.1) is 43.5 Å². The normalized spacial score (nSPS) is 20.9. The van der Waals surface area contributed by atoms with Crippen molar-refractivity contribution in [3.05, 3.63) is 36.5 Å². The van der Waals surface area contributed by atoms with E-state index in [1.54, 1.807) is 12.4 Å². The Morgan fingerprint density at radius 1 is 0.936 bits per heavy atom. The average Bonchev–Trinajstić information content (AvgIpc) is 3.54. The highest BCUT2D eigenvalue weighted by Crippen LogP contribution is 2.32. The maximum absolute atomic E-state index is 13.2. The number of hydrogen-bond acceptors (Lipinski definition) is 16. The molecule has 18 heteroatoms. The molecule has 0 spiro atoms. The molecule has 3 fully saturated rings. The SMILES string of the molecule is O=C(OCC(O)O)N(c1cnc(-c2cnn(C3CCOCC3)c2)cn1)C1CCC(Oc2ncc(C(O)(O)O)c(OC3COC3)n2)CC1. The van der Waals surface area contributed by atoms with Crippen LogP contribution in [0.25, 0.3) is 11.3 Å². The molecule has 1 saturated carbocycles. The first-order chi connectivity index (χ1) is 22.6. The topological polar surface area (TPSA) is 237 Å². The molecule has 2 saturated heterocycles. The minimum Gasteiger partial charge on any atom is -0.469 e. The Labute approximate surface area is 268 Å². The fraction of sp³-hybridized carbons (Fsp3) is 0.586. The van der Waals surface area contributed by atoms with Crippen molar-refractivity contribution >= 4 is 11.9 Å². The van der Waals surface area contributed by atoms with Crippen molar-refractivity contribution in [1.29, 1.82) is 0 Å². The van der Waals surface area contributed by atoms with Crippen LogP contribution in [0.15, 0.2) is 31.0 Å². The number of hydrogen-bond donors (Lipinski definition) is 5. The molecule has 18 nitrogen and oxygen atoms in total. The Morgan fingerprint density at radius 3 is 2.34 bits per heavy atom. The smallest absolute Gasteiger partial charge is 0.415 e. The molecule has 1 aliphatic carbocycles. The first-order valence-electron chi connectivity index (χ1n) is 15.4. The van der Waals surface area contributed by atoms with Crippen LogP contribution in [0.1, 0.15) is 50.1 Å². The molecule has 0 atom stereocenters. The highest BCUT2D eigenvalue weighted by atomic mass is 16.7. The van der Waals surface area contributed by atoms with Gasteiger partial charge in [0.1, 0.15) is 24.4 Å². The van der Waals surface area contributed by atoms with Gasteiger partial charge in [0, 0.05) is 37.2 Å². The summed E-state index contributed by atoms with van der Waals surface area (Å²) < 4.78 is 29.1. The largest absolute Gasteiger partial charge is 0.469 e. The number of carbonyl (C=O) groups excluding carboxylic acids is 1. The van der Waals surface area contributed by atoms with Gasteiger partial charge in [0.25, 0.3) is 0 Å². The van der Waals surface area contributed by atoms with Crippen LogP contribution in [-0.2, 0) is 20.2 Å². The van der Waals surface area contributed by atoms with Gasteiger partial charge in [-0.05, 0) is 38.5 Å². The van der Waals surface area contributed by atoms with Crippen LogP contribution in [0.3, 0.4) is 0 Å². The lowest BCUT2D eigenvalue weighted by molar-refractivity contribution is -0.325. The number of aliphatic hydroxyl groups is 5. The van der Waals surface area contributed by atoms with E-state index in [1.165, 1.54) is 11.1 Å². The van der Waals surface area contributed by atoms with E-state index in [0.717, 1.165) is 24.6 Å². The molecule has 6 rings (SSSR count). The van der Waals surface area contributed by atoms with E-state index in [0.29, 0.717) is 44.6 Å². The Balaban J connectivity index is 1.12. The zero-order chi connectivity index (χ0) is 33.0. The van der Waals surface area contributed by atoms with Crippen molar-refractivity contribution < 1.29 is 54.0 Å². The predicted molar refractivity (Wildman–Crippen MR) is 157 cm³/mol. The number of nitrogens with zero attached hydrogens (tertiary/aromatic N) is 7. The van der Waals surface area contributed by atoms with Crippen molar-refractivity contribution in [3.8, 4) is 23.1 Å². The number of amides is 1. The van der Waals surface area contributed by atoms with Gasteiger partial charge < -0.3 is 49.2 Å². The van der Waals surface area contributed by atoms with E-state index in [9.17, 15) is 30.3 Å². The molecule has 0 radical (unpaired) electrons. The zero-order valence-corrected chi connectivity index (χ0v) is 25.4. The molecular formula is C29H37N7O11. The minimum atomic E-state index is -3.21. The third-order valence-electron chi connectivity index (χ3n) is 8.16. The van der Waals surface area contributed by atoms with Gasteiger partial charge in [-0.25, -0.2) is 14.8 Å². The third kappa shape index (κ3) is 8.10. The number of rotatable bonds is 11. The van der Waals surface area contributed by atoms with Crippen LogP contribution in [-0.4, -0.2) is 119 Å². The lowest BCUT2D eigenvalue weighted by Crippen LogP contribution is -2.45. The second-order valence-corrected chi connectivity index (χ2v) is 11.6. The molecule has 5 N–H and O–H groups in total. The molecule has 0 unspecified atom stereocenters. The van der Waals surface area contributed by atoms with E-state index in [4.69, 9.17) is 23.7 Å². The first-order valence-corrected chi connectivity index (χ1v) is 15.4. The van der Waals surface area contributed by atoms with Gasteiger partial charge in [-0.3, -0.25) is 14.6 Å². The number of carbonyl (C=O) groups is 1. The molecular weight excluding hydrogens is 622 g/mol. The number of aromatic nitrogens is 6. The van der Waals surface area contributed by atoms with Crippen molar-refractivity contribution in [3.63, 3.8) is 0 Å². The summed E-state index contributed by atoms with van der Waals surface area (Å²) in [6, 6.07) is -0.221. The van der Waals surface area contributed by atoms with Gasteiger partial charge in [0.15, 0.2) is 12.1 Å². The lowest BCUT2D eigenvalue weighted by atomic mass is 9.92. The summed E-state index contributed by atoms with van der Waals surface area (Å²) in [5, 5.41) is 52.1. The molecule has 3 aromatic rings. The number of aliphatic hydroxyl groups excluding tert-OH is 1. The fourth-order valence-corrected chi connectivity index (χ4v) is 5.60. The van der Waals surface area contributed by atoms with Crippen molar-refractivity contribution in [2.24, 2.45) is 0 Å². The van der Waals surface area contributed by atoms with Crippen LogP contribution in [0, 0.1) is 0 Å². The van der Waals surface area contributed by atoms with E-state index in [2.05, 4.69) is 25.0 Å². The molecule has 3 aliphatic rings. The molecule has 47 heavy (non-hydrogen) atoms. The number of anilines is 1. The van der Waals surface area contributed by atoms with Crippen molar-refractivity contribution in [2.75, 3.05) is 37.9 Å². The maximum atomic E-state index is 13.2. The Hall–Kier alpha value is -4.04. The van der Waals surface area contributed by atoms with Gasteiger partial charge in [-0.15, -0.1) is 0 Å². The average molecular weight is 660 g/mol. The van der Waals surface area contributed by atoms with Gasteiger partial charge in [-0.1, -0.05) is 0 Å². The van der Waals surface area contributed by atoms with Crippen LogP contribution >= 0.6 is 0 Å². The van der Waals surface area contributed by atoms with Crippen LogP contribution in [0.2, 0.25) is 0 Å². The fourth-order valence-electron chi connectivity index (χ4n) is 5.60. The minimum absolute atomic E-state index is 0.0912. The Bertz CT molecular complexity index is 1480. The molecule has 0 bridgehead atoms. The first kappa shape index (κ1) is 32.9.